The minimum absolute atomic E-state index is 0.447. The third-order valence-corrected chi connectivity index (χ3v) is 4.36. The Balaban J connectivity index is 1.48. The summed E-state index contributed by atoms with van der Waals surface area (Å²) in [6.45, 7) is 9.29. The maximum Gasteiger partial charge on any atom is 0.0829 e. The maximum absolute atomic E-state index is 6.03. The van der Waals surface area contributed by atoms with Crippen LogP contribution in [-0.4, -0.2) is 74.4 Å². The minimum atomic E-state index is 0.447. The van der Waals surface area contributed by atoms with Gasteiger partial charge in [-0.2, -0.15) is 0 Å². The van der Waals surface area contributed by atoms with Crippen molar-refractivity contribution in [1.82, 2.24) is 15.1 Å². The molecule has 4 nitrogen and oxygen atoms in total. The Morgan fingerprint density at radius 1 is 1.12 bits per heavy atom. The Labute approximate surface area is 104 Å². The van der Waals surface area contributed by atoms with Crippen molar-refractivity contribution >= 4 is 0 Å². The molecule has 0 bridgehead atoms. The summed E-state index contributed by atoms with van der Waals surface area (Å²) in [7, 11) is 0. The van der Waals surface area contributed by atoms with Crippen molar-refractivity contribution < 1.29 is 4.74 Å². The van der Waals surface area contributed by atoms with Crippen LogP contribution in [0, 0.1) is 0 Å². The van der Waals surface area contributed by atoms with Gasteiger partial charge in [-0.3, -0.25) is 9.80 Å². The van der Waals surface area contributed by atoms with E-state index >= 15 is 0 Å². The van der Waals surface area contributed by atoms with Crippen LogP contribution in [0.25, 0.3) is 0 Å². The van der Waals surface area contributed by atoms with Gasteiger partial charge in [-0.1, -0.05) is 0 Å². The van der Waals surface area contributed by atoms with Gasteiger partial charge in [-0.05, 0) is 38.9 Å². The summed E-state index contributed by atoms with van der Waals surface area (Å²) in [6, 6.07) is 0.733. The van der Waals surface area contributed by atoms with Gasteiger partial charge in [0, 0.05) is 32.2 Å². The molecule has 0 amide bonds. The fourth-order valence-corrected chi connectivity index (χ4v) is 3.37. The smallest absolute Gasteiger partial charge is 0.0829 e. The third kappa shape index (κ3) is 2.99. The largest absolute Gasteiger partial charge is 0.374 e. The molecule has 1 N–H and O–H groups in total. The van der Waals surface area contributed by atoms with Crippen LogP contribution in [-0.2, 0) is 4.74 Å². The molecule has 3 heterocycles. The monoisotopic (exact) mass is 239 g/mol. The van der Waals surface area contributed by atoms with Crippen molar-refractivity contribution in [2.45, 2.75) is 31.4 Å². The van der Waals surface area contributed by atoms with Gasteiger partial charge in [-0.25, -0.2) is 0 Å². The summed E-state index contributed by atoms with van der Waals surface area (Å²) in [5, 5.41) is 3.46. The highest BCUT2D eigenvalue weighted by Gasteiger charge is 2.32. The standard InChI is InChI=1S/C13H25N3O/c1-3-12-11-17-13(10-16(12)7-1)9-15-6-2-4-14-5-8-15/h12-14H,1-11H2. The Hall–Kier alpha value is -0.160. The maximum atomic E-state index is 6.03. The fourth-order valence-electron chi connectivity index (χ4n) is 3.37. The van der Waals surface area contributed by atoms with Crippen molar-refractivity contribution in [1.29, 1.82) is 0 Å². The van der Waals surface area contributed by atoms with Crippen molar-refractivity contribution in [2.75, 3.05) is 52.4 Å². The predicted octanol–water partition coefficient (Wildman–Crippen LogP) is 0.145. The Bertz CT molecular complexity index is 241. The average molecular weight is 239 g/mol. The second kappa shape index (κ2) is 5.65. The number of morpholine rings is 1. The number of fused-ring (bicyclic) bond motifs is 1. The zero-order valence-corrected chi connectivity index (χ0v) is 10.7. The molecule has 0 radical (unpaired) electrons. The van der Waals surface area contributed by atoms with E-state index in [1.807, 2.05) is 0 Å². The highest BCUT2D eigenvalue weighted by atomic mass is 16.5. The Kier molecular flexibility index (Phi) is 3.96. The Morgan fingerprint density at radius 3 is 3.12 bits per heavy atom. The van der Waals surface area contributed by atoms with E-state index < -0.39 is 0 Å². The molecule has 17 heavy (non-hydrogen) atoms. The second-order valence-electron chi connectivity index (χ2n) is 5.65. The van der Waals surface area contributed by atoms with Crippen LogP contribution in [0.15, 0.2) is 0 Å². The molecular weight excluding hydrogens is 214 g/mol. The van der Waals surface area contributed by atoms with E-state index in [9.17, 15) is 0 Å². The number of rotatable bonds is 2. The second-order valence-corrected chi connectivity index (χ2v) is 5.65. The molecule has 3 aliphatic rings. The van der Waals surface area contributed by atoms with Crippen LogP contribution in [0.4, 0.5) is 0 Å². The summed E-state index contributed by atoms with van der Waals surface area (Å²) in [6.07, 6.45) is 4.44. The van der Waals surface area contributed by atoms with E-state index in [-0.39, 0.29) is 0 Å². The van der Waals surface area contributed by atoms with Crippen molar-refractivity contribution in [3.8, 4) is 0 Å². The molecule has 2 unspecified atom stereocenters. The van der Waals surface area contributed by atoms with Crippen LogP contribution >= 0.6 is 0 Å². The van der Waals surface area contributed by atoms with Crippen molar-refractivity contribution in [3.63, 3.8) is 0 Å². The molecule has 3 rings (SSSR count). The van der Waals surface area contributed by atoms with Gasteiger partial charge in [-0.15, -0.1) is 0 Å². The predicted molar refractivity (Wildman–Crippen MR) is 68.3 cm³/mol. The number of hydrogen-bond donors (Lipinski definition) is 1. The van der Waals surface area contributed by atoms with E-state index in [2.05, 4.69) is 15.1 Å². The first-order valence-corrected chi connectivity index (χ1v) is 7.20. The van der Waals surface area contributed by atoms with E-state index in [4.69, 9.17) is 4.74 Å². The number of nitrogens with zero attached hydrogens (tertiary/aromatic N) is 2. The van der Waals surface area contributed by atoms with E-state index in [0.29, 0.717) is 6.10 Å². The topological polar surface area (TPSA) is 27.7 Å². The summed E-state index contributed by atoms with van der Waals surface area (Å²) < 4.78 is 6.03. The molecule has 4 heteroatoms. The van der Waals surface area contributed by atoms with Gasteiger partial charge in [0.25, 0.3) is 0 Å². The fraction of sp³-hybridized carbons (Fsp3) is 1.00. The molecular formula is C13H25N3O. The number of ether oxygens (including phenoxy) is 1. The van der Waals surface area contributed by atoms with E-state index in [1.165, 1.54) is 45.4 Å². The first-order chi connectivity index (χ1) is 8.42. The lowest BCUT2D eigenvalue weighted by Crippen LogP contribution is -2.50. The quantitative estimate of drug-likeness (QED) is 0.742. The van der Waals surface area contributed by atoms with Gasteiger partial charge in [0.15, 0.2) is 0 Å². The van der Waals surface area contributed by atoms with Gasteiger partial charge in [0.05, 0.1) is 12.7 Å². The van der Waals surface area contributed by atoms with Crippen LogP contribution in [0.3, 0.4) is 0 Å². The highest BCUT2D eigenvalue weighted by Crippen LogP contribution is 2.22. The SMILES string of the molecule is C1CNCCN(CC2CN3CCCC3CO2)C1. The van der Waals surface area contributed by atoms with Gasteiger partial charge >= 0.3 is 0 Å². The van der Waals surface area contributed by atoms with E-state index in [1.54, 1.807) is 0 Å². The lowest BCUT2D eigenvalue weighted by molar-refractivity contribution is -0.0605. The zero-order valence-electron chi connectivity index (χ0n) is 10.7. The first kappa shape index (κ1) is 11.9. The molecule has 0 aromatic rings. The molecule has 0 spiro atoms. The van der Waals surface area contributed by atoms with Gasteiger partial charge in [0.1, 0.15) is 0 Å². The first-order valence-electron chi connectivity index (χ1n) is 7.20. The minimum Gasteiger partial charge on any atom is -0.374 e. The molecule has 0 aromatic carbocycles. The van der Waals surface area contributed by atoms with Crippen molar-refractivity contribution in [3.05, 3.63) is 0 Å². The molecule has 0 aromatic heterocycles. The zero-order chi connectivity index (χ0) is 11.5. The third-order valence-electron chi connectivity index (χ3n) is 4.36. The lowest BCUT2D eigenvalue weighted by Gasteiger charge is -2.37. The number of hydrogen-bond acceptors (Lipinski definition) is 4. The van der Waals surface area contributed by atoms with Crippen LogP contribution in [0.2, 0.25) is 0 Å². The summed E-state index contributed by atoms with van der Waals surface area (Å²) in [4.78, 5) is 5.21. The molecule has 3 fully saturated rings. The van der Waals surface area contributed by atoms with Gasteiger partial charge in [0.2, 0.25) is 0 Å². The molecule has 3 saturated heterocycles. The highest BCUT2D eigenvalue weighted by molar-refractivity contribution is 4.86. The normalized spacial score (nSPS) is 36.7. The Morgan fingerprint density at radius 2 is 2.12 bits per heavy atom. The van der Waals surface area contributed by atoms with Crippen LogP contribution < -0.4 is 5.32 Å². The molecule has 0 saturated carbocycles. The number of nitrogens with one attached hydrogen (secondary N) is 1. The lowest BCUT2D eigenvalue weighted by atomic mass is 10.2. The average Bonchev–Trinajstić information content (AvgIpc) is 2.65. The molecule has 0 aliphatic carbocycles. The summed E-state index contributed by atoms with van der Waals surface area (Å²) >= 11 is 0. The molecule has 3 aliphatic heterocycles. The summed E-state index contributed by atoms with van der Waals surface area (Å²) in [5.74, 6) is 0. The molecule has 2 atom stereocenters. The van der Waals surface area contributed by atoms with E-state index in [0.717, 1.165) is 32.3 Å². The van der Waals surface area contributed by atoms with Crippen LogP contribution in [0.1, 0.15) is 19.3 Å². The summed E-state index contributed by atoms with van der Waals surface area (Å²) in [5.41, 5.74) is 0. The van der Waals surface area contributed by atoms with Crippen molar-refractivity contribution in [2.24, 2.45) is 0 Å². The van der Waals surface area contributed by atoms with Gasteiger partial charge < -0.3 is 10.1 Å². The molecule has 98 valence electrons. The van der Waals surface area contributed by atoms with Crippen LogP contribution in [0.5, 0.6) is 0 Å².